The van der Waals surface area contributed by atoms with Crippen LogP contribution in [0.4, 0.5) is 5.82 Å². The van der Waals surface area contributed by atoms with Gasteiger partial charge in [0, 0.05) is 43.2 Å². The Hall–Kier alpha value is -1.73. The van der Waals surface area contributed by atoms with Gasteiger partial charge in [0.25, 0.3) is 0 Å². The average Bonchev–Trinajstić information content (AvgIpc) is 2.73. The van der Waals surface area contributed by atoms with Gasteiger partial charge in [-0.05, 0) is 51.5 Å². The molecule has 1 atom stereocenters. The Kier molecular flexibility index (Phi) is 7.69. The van der Waals surface area contributed by atoms with E-state index in [1.165, 1.54) is 19.3 Å². The summed E-state index contributed by atoms with van der Waals surface area (Å²) < 4.78 is 0. The third-order valence-electron chi connectivity index (χ3n) is 6.66. The number of rotatable bonds is 7. The highest BCUT2D eigenvalue weighted by molar-refractivity contribution is 5.46. The van der Waals surface area contributed by atoms with Gasteiger partial charge in [0.05, 0.1) is 12.3 Å². The number of amides is 1. The summed E-state index contributed by atoms with van der Waals surface area (Å²) >= 11 is 0. The molecule has 1 saturated carbocycles. The fourth-order valence-corrected chi connectivity index (χ4v) is 4.66. The van der Waals surface area contributed by atoms with E-state index in [2.05, 4.69) is 47.8 Å². The van der Waals surface area contributed by atoms with E-state index in [4.69, 9.17) is 4.98 Å². The number of nitrogens with zero attached hydrogens (tertiary/aromatic N) is 4. The molecule has 2 heterocycles. The molecule has 2 fully saturated rings. The predicted molar refractivity (Wildman–Crippen MR) is 119 cm³/mol. The second-order valence-electron chi connectivity index (χ2n) is 10.1. The van der Waals surface area contributed by atoms with Crippen LogP contribution >= 0.6 is 0 Å². The number of piperazine rings is 1. The van der Waals surface area contributed by atoms with E-state index in [1.54, 1.807) is 0 Å². The van der Waals surface area contributed by atoms with E-state index >= 15 is 0 Å². The van der Waals surface area contributed by atoms with Gasteiger partial charge in [-0.25, -0.2) is 9.97 Å². The van der Waals surface area contributed by atoms with Gasteiger partial charge in [0.1, 0.15) is 11.6 Å². The van der Waals surface area contributed by atoms with Gasteiger partial charge in [0.2, 0.25) is 6.41 Å². The molecule has 1 aliphatic carbocycles. The van der Waals surface area contributed by atoms with Crippen molar-refractivity contribution in [3.05, 3.63) is 17.6 Å². The number of carbonyl (C=O) groups is 1. The second-order valence-corrected chi connectivity index (χ2v) is 10.1. The molecular weight excluding hydrogens is 378 g/mol. The number of hydrogen-bond acceptors (Lipinski definition) is 6. The van der Waals surface area contributed by atoms with E-state index in [1.807, 2.05) is 6.07 Å². The zero-order valence-corrected chi connectivity index (χ0v) is 19.1. The summed E-state index contributed by atoms with van der Waals surface area (Å²) in [4.78, 5) is 24.9. The minimum atomic E-state index is -0.145. The molecule has 0 radical (unpaired) electrons. The lowest BCUT2D eigenvalue weighted by Crippen LogP contribution is -2.52. The van der Waals surface area contributed by atoms with Crippen molar-refractivity contribution in [1.29, 1.82) is 0 Å². The summed E-state index contributed by atoms with van der Waals surface area (Å²) in [6, 6.07) is 2.79. The number of aliphatic hydroxyl groups is 1. The maximum absolute atomic E-state index is 10.6. The van der Waals surface area contributed by atoms with Crippen molar-refractivity contribution in [2.45, 2.75) is 83.9 Å². The van der Waals surface area contributed by atoms with Crippen LogP contribution in [0.15, 0.2) is 6.07 Å². The highest BCUT2D eigenvalue weighted by atomic mass is 16.3. The molecule has 30 heavy (non-hydrogen) atoms. The molecule has 3 rings (SSSR count). The maximum Gasteiger partial charge on any atom is 0.207 e. The van der Waals surface area contributed by atoms with Crippen molar-refractivity contribution in [3.63, 3.8) is 0 Å². The molecule has 2 aliphatic rings. The summed E-state index contributed by atoms with van der Waals surface area (Å²) in [7, 11) is 0. The van der Waals surface area contributed by atoms with E-state index in [9.17, 15) is 9.90 Å². The van der Waals surface area contributed by atoms with E-state index in [-0.39, 0.29) is 12.0 Å². The Balaban J connectivity index is 1.53. The van der Waals surface area contributed by atoms with Gasteiger partial charge >= 0.3 is 0 Å². The third kappa shape index (κ3) is 5.91. The zero-order chi connectivity index (χ0) is 21.7. The molecule has 1 unspecified atom stereocenters. The largest absolute Gasteiger partial charge is 0.390 e. The number of aromatic nitrogens is 2. The molecule has 0 aromatic carbocycles. The van der Waals surface area contributed by atoms with Gasteiger partial charge in [-0.15, -0.1) is 0 Å². The zero-order valence-electron chi connectivity index (χ0n) is 19.1. The van der Waals surface area contributed by atoms with E-state index in [0.717, 1.165) is 63.0 Å². The Bertz CT molecular complexity index is 697. The van der Waals surface area contributed by atoms with Crippen molar-refractivity contribution in [1.82, 2.24) is 20.2 Å². The normalized spacial score (nSPS) is 25.9. The molecular formula is C23H39N5O2. The van der Waals surface area contributed by atoms with Crippen LogP contribution in [-0.4, -0.2) is 64.6 Å². The standard InChI is InChI=1S/C23H39N5O2/c1-17-14-28(21-13-20(15-29)25-22(26-21)23(2,3)4)12-11-27(17)10-9-18-5-7-19(8-6-18)24-16-30/h13,16-19,29H,5-12,14-15H2,1-4H3,(H,24,30). The van der Waals surface area contributed by atoms with Crippen molar-refractivity contribution in [3.8, 4) is 0 Å². The Morgan fingerprint density at radius 3 is 2.53 bits per heavy atom. The van der Waals surface area contributed by atoms with Gasteiger partial charge in [0.15, 0.2) is 0 Å². The maximum atomic E-state index is 10.6. The monoisotopic (exact) mass is 417 g/mol. The lowest BCUT2D eigenvalue weighted by molar-refractivity contribution is -0.110. The molecule has 168 valence electrons. The number of carbonyl (C=O) groups excluding carboxylic acids is 1. The van der Waals surface area contributed by atoms with Crippen LogP contribution in [0.2, 0.25) is 0 Å². The minimum Gasteiger partial charge on any atom is -0.390 e. The first-order valence-electron chi connectivity index (χ1n) is 11.5. The number of aliphatic hydroxyl groups excluding tert-OH is 1. The smallest absolute Gasteiger partial charge is 0.207 e. The van der Waals surface area contributed by atoms with Gasteiger partial charge < -0.3 is 15.3 Å². The number of anilines is 1. The highest BCUT2D eigenvalue weighted by Crippen LogP contribution is 2.28. The number of hydrogen-bond donors (Lipinski definition) is 2. The summed E-state index contributed by atoms with van der Waals surface area (Å²) in [6.45, 7) is 12.6. The third-order valence-corrected chi connectivity index (χ3v) is 6.66. The second kappa shape index (κ2) is 10.1. The molecule has 1 aliphatic heterocycles. The van der Waals surface area contributed by atoms with Crippen LogP contribution < -0.4 is 10.2 Å². The summed E-state index contributed by atoms with van der Waals surface area (Å²) in [5.41, 5.74) is 0.549. The van der Waals surface area contributed by atoms with E-state index in [0.29, 0.717) is 17.8 Å². The summed E-state index contributed by atoms with van der Waals surface area (Å²) in [5, 5.41) is 12.6. The van der Waals surface area contributed by atoms with Gasteiger partial charge in [-0.3, -0.25) is 9.69 Å². The summed E-state index contributed by atoms with van der Waals surface area (Å²) in [6.07, 6.45) is 6.76. The van der Waals surface area contributed by atoms with Crippen molar-refractivity contribution in [2.75, 3.05) is 31.1 Å². The lowest BCUT2D eigenvalue weighted by atomic mass is 9.84. The fraction of sp³-hybridized carbons (Fsp3) is 0.783. The lowest BCUT2D eigenvalue weighted by Gasteiger charge is -2.41. The molecule has 0 spiro atoms. The Morgan fingerprint density at radius 2 is 1.93 bits per heavy atom. The Morgan fingerprint density at radius 1 is 1.20 bits per heavy atom. The molecule has 7 nitrogen and oxygen atoms in total. The minimum absolute atomic E-state index is 0.0568. The molecule has 1 saturated heterocycles. The first kappa shape index (κ1) is 22.9. The van der Waals surface area contributed by atoms with Crippen LogP contribution in [0.3, 0.4) is 0 Å². The van der Waals surface area contributed by atoms with Crippen molar-refractivity contribution < 1.29 is 9.90 Å². The van der Waals surface area contributed by atoms with Gasteiger partial charge in [-0.1, -0.05) is 20.8 Å². The molecule has 7 heteroatoms. The van der Waals surface area contributed by atoms with Crippen LogP contribution in [0.1, 0.15) is 71.3 Å². The predicted octanol–water partition coefficient (Wildman–Crippen LogP) is 2.47. The van der Waals surface area contributed by atoms with E-state index < -0.39 is 0 Å². The first-order valence-corrected chi connectivity index (χ1v) is 11.5. The molecule has 1 aromatic heterocycles. The summed E-state index contributed by atoms with van der Waals surface area (Å²) in [5.74, 6) is 2.51. The topological polar surface area (TPSA) is 81.6 Å². The van der Waals surface area contributed by atoms with Crippen LogP contribution in [0, 0.1) is 5.92 Å². The first-order chi connectivity index (χ1) is 14.3. The number of nitrogens with one attached hydrogen (secondary N) is 1. The molecule has 1 aromatic rings. The Labute approximate surface area is 181 Å². The average molecular weight is 418 g/mol. The van der Waals surface area contributed by atoms with Crippen molar-refractivity contribution in [2.24, 2.45) is 5.92 Å². The quantitative estimate of drug-likeness (QED) is 0.664. The van der Waals surface area contributed by atoms with Crippen LogP contribution in [0.5, 0.6) is 0 Å². The molecule has 0 bridgehead atoms. The molecule has 1 amide bonds. The van der Waals surface area contributed by atoms with Crippen LogP contribution in [0.25, 0.3) is 0 Å². The van der Waals surface area contributed by atoms with Crippen molar-refractivity contribution >= 4 is 12.2 Å². The molecule has 2 N–H and O–H groups in total. The van der Waals surface area contributed by atoms with Gasteiger partial charge in [-0.2, -0.15) is 0 Å². The highest BCUT2D eigenvalue weighted by Gasteiger charge is 2.28. The fourth-order valence-electron chi connectivity index (χ4n) is 4.66. The SMILES string of the molecule is CC1CN(c2cc(CO)nc(C(C)(C)C)n2)CCN1CCC1CCC(NC=O)CC1. The van der Waals surface area contributed by atoms with Crippen LogP contribution in [-0.2, 0) is 16.8 Å².